The van der Waals surface area contributed by atoms with Crippen LogP contribution in [0.25, 0.3) is 0 Å². The molecule has 4 N–H and O–H groups in total. The van der Waals surface area contributed by atoms with Crippen molar-refractivity contribution < 1.29 is 24.5 Å². The molecule has 0 amide bonds. The van der Waals surface area contributed by atoms with E-state index in [0.29, 0.717) is 11.8 Å². The van der Waals surface area contributed by atoms with Gasteiger partial charge in [0.2, 0.25) is 0 Å². The van der Waals surface area contributed by atoms with Crippen molar-refractivity contribution in [2.45, 2.75) is 37.7 Å². The molecule has 3 rings (SSSR count). The first-order valence-electron chi connectivity index (χ1n) is 6.68. The summed E-state index contributed by atoms with van der Waals surface area (Å²) < 4.78 is 5.53. The second-order valence-electron chi connectivity index (χ2n) is 6.10. The molecule has 5 atom stereocenters. The van der Waals surface area contributed by atoms with Gasteiger partial charge in [-0.25, -0.2) is 0 Å². The summed E-state index contributed by atoms with van der Waals surface area (Å²) in [7, 11) is -2.42. The average molecular weight is 276 g/mol. The summed E-state index contributed by atoms with van der Waals surface area (Å²) in [6.07, 6.45) is 4.52. The zero-order chi connectivity index (χ0) is 13.0. The molecule has 3 aliphatic rings. The zero-order valence-corrected chi connectivity index (χ0v) is 11.2. The van der Waals surface area contributed by atoms with E-state index in [9.17, 15) is 20.0 Å². The minimum Gasteiger partial charge on any atom is -0.396 e. The Balaban J connectivity index is 2.01. The van der Waals surface area contributed by atoms with Crippen molar-refractivity contribution in [1.29, 1.82) is 0 Å². The Kier molecular flexibility index (Phi) is 3.21. The van der Waals surface area contributed by atoms with E-state index in [1.165, 1.54) is 0 Å². The second kappa shape index (κ2) is 4.37. The maximum Gasteiger partial charge on any atom is 0.327 e. The van der Waals surface area contributed by atoms with Crippen molar-refractivity contribution in [3.05, 3.63) is 0 Å². The lowest BCUT2D eigenvalue weighted by Gasteiger charge is -2.49. The molecule has 6 heteroatoms. The Hall–Kier alpha value is 0.230. The molecule has 3 aliphatic carbocycles. The summed E-state index contributed by atoms with van der Waals surface area (Å²) in [5.41, 5.74) is -1.09. The third-order valence-electron chi connectivity index (χ3n) is 5.88. The molecule has 18 heavy (non-hydrogen) atoms. The Bertz CT molecular complexity index is 338. The van der Waals surface area contributed by atoms with Crippen LogP contribution in [0.2, 0.25) is 0 Å². The van der Waals surface area contributed by atoms with Crippen LogP contribution in [0, 0.1) is 23.2 Å². The second-order valence-corrected chi connectivity index (χ2v) is 6.79. The van der Waals surface area contributed by atoms with Crippen molar-refractivity contribution in [3.63, 3.8) is 0 Å². The van der Waals surface area contributed by atoms with Crippen molar-refractivity contribution >= 4 is 8.60 Å². The summed E-state index contributed by atoms with van der Waals surface area (Å²) >= 11 is 0. The summed E-state index contributed by atoms with van der Waals surface area (Å²) in [4.78, 5) is 18.5. The van der Waals surface area contributed by atoms with Gasteiger partial charge in [-0.15, -0.1) is 0 Å². The van der Waals surface area contributed by atoms with Crippen LogP contribution in [0.5, 0.6) is 0 Å². The molecule has 2 bridgehead atoms. The van der Waals surface area contributed by atoms with Gasteiger partial charge in [0.1, 0.15) is 0 Å². The Morgan fingerprint density at radius 1 is 1.17 bits per heavy atom. The van der Waals surface area contributed by atoms with Gasteiger partial charge in [0.05, 0.1) is 12.2 Å². The molecule has 0 aromatic rings. The van der Waals surface area contributed by atoms with Crippen LogP contribution in [0.3, 0.4) is 0 Å². The summed E-state index contributed by atoms with van der Waals surface area (Å²) in [5, 5.41) is 19.6. The van der Waals surface area contributed by atoms with Gasteiger partial charge in [-0.2, -0.15) is 0 Å². The SMILES string of the molecule is OCC1CCC2C3CCC(OP(O)O)(C3)C12CO. The number of hydrogen-bond acceptors (Lipinski definition) is 5. The molecule has 0 saturated heterocycles. The first-order chi connectivity index (χ1) is 8.59. The van der Waals surface area contributed by atoms with Gasteiger partial charge < -0.3 is 24.5 Å². The Morgan fingerprint density at radius 2 is 1.94 bits per heavy atom. The van der Waals surface area contributed by atoms with Gasteiger partial charge >= 0.3 is 8.60 Å². The molecule has 3 fully saturated rings. The number of fused-ring (bicyclic) bond motifs is 5. The molecule has 5 unspecified atom stereocenters. The van der Waals surface area contributed by atoms with Gasteiger partial charge in [0, 0.05) is 12.0 Å². The van der Waals surface area contributed by atoms with E-state index < -0.39 is 19.6 Å². The molecule has 5 nitrogen and oxygen atoms in total. The summed E-state index contributed by atoms with van der Waals surface area (Å²) in [6.45, 7) is 0.0201. The average Bonchev–Trinajstić information content (AvgIpc) is 2.95. The van der Waals surface area contributed by atoms with E-state index in [-0.39, 0.29) is 19.1 Å². The molecule has 3 saturated carbocycles. The predicted molar refractivity (Wildman–Crippen MR) is 65.3 cm³/mol. The summed E-state index contributed by atoms with van der Waals surface area (Å²) in [5.74, 6) is 0.889. The molecule has 0 radical (unpaired) electrons. The van der Waals surface area contributed by atoms with Crippen LogP contribution in [0.4, 0.5) is 0 Å². The highest BCUT2D eigenvalue weighted by Gasteiger charge is 2.72. The minimum absolute atomic E-state index is 0.0211. The van der Waals surface area contributed by atoms with E-state index in [0.717, 1.165) is 32.1 Å². The van der Waals surface area contributed by atoms with Gasteiger partial charge in [0.25, 0.3) is 0 Å². The molecular weight excluding hydrogens is 255 g/mol. The molecule has 0 spiro atoms. The van der Waals surface area contributed by atoms with E-state index in [1.54, 1.807) is 0 Å². The topological polar surface area (TPSA) is 90.2 Å². The van der Waals surface area contributed by atoms with E-state index in [1.807, 2.05) is 0 Å². The van der Waals surface area contributed by atoms with Gasteiger partial charge in [-0.1, -0.05) is 0 Å². The molecule has 0 aliphatic heterocycles. The third kappa shape index (κ3) is 1.43. The smallest absolute Gasteiger partial charge is 0.327 e. The molecule has 0 heterocycles. The van der Waals surface area contributed by atoms with Crippen molar-refractivity contribution in [3.8, 4) is 0 Å². The fourth-order valence-corrected chi connectivity index (χ4v) is 5.99. The quantitative estimate of drug-likeness (QED) is 0.569. The fourth-order valence-electron chi connectivity index (χ4n) is 5.35. The highest BCUT2D eigenvalue weighted by molar-refractivity contribution is 7.39. The van der Waals surface area contributed by atoms with Gasteiger partial charge in [-0.3, -0.25) is 0 Å². The number of aliphatic hydroxyl groups is 2. The third-order valence-corrected chi connectivity index (χ3v) is 6.40. The van der Waals surface area contributed by atoms with Crippen molar-refractivity contribution in [2.75, 3.05) is 13.2 Å². The monoisotopic (exact) mass is 276 g/mol. The van der Waals surface area contributed by atoms with Crippen LogP contribution in [-0.4, -0.2) is 38.8 Å². The molecule has 0 aromatic carbocycles. The van der Waals surface area contributed by atoms with Crippen molar-refractivity contribution in [2.24, 2.45) is 23.2 Å². The predicted octanol–water partition coefficient (Wildman–Crippen LogP) is 0.764. The lowest BCUT2D eigenvalue weighted by molar-refractivity contribution is -0.126. The largest absolute Gasteiger partial charge is 0.396 e. The van der Waals surface area contributed by atoms with Crippen LogP contribution in [-0.2, 0) is 4.52 Å². The van der Waals surface area contributed by atoms with Crippen LogP contribution in [0.1, 0.15) is 32.1 Å². The minimum atomic E-state index is -2.42. The highest BCUT2D eigenvalue weighted by atomic mass is 31.2. The van der Waals surface area contributed by atoms with E-state index >= 15 is 0 Å². The summed E-state index contributed by atoms with van der Waals surface area (Å²) in [6, 6.07) is 0. The number of rotatable bonds is 4. The Morgan fingerprint density at radius 3 is 2.56 bits per heavy atom. The van der Waals surface area contributed by atoms with Crippen LogP contribution in [0.15, 0.2) is 0 Å². The highest BCUT2D eigenvalue weighted by Crippen LogP contribution is 2.72. The molecule has 104 valence electrons. The van der Waals surface area contributed by atoms with Gasteiger partial charge in [-0.05, 0) is 49.9 Å². The van der Waals surface area contributed by atoms with Gasteiger partial charge in [0.15, 0.2) is 0 Å². The van der Waals surface area contributed by atoms with E-state index in [2.05, 4.69) is 0 Å². The van der Waals surface area contributed by atoms with Crippen molar-refractivity contribution in [1.82, 2.24) is 0 Å². The van der Waals surface area contributed by atoms with E-state index in [4.69, 9.17) is 4.52 Å². The van der Waals surface area contributed by atoms with Crippen LogP contribution < -0.4 is 0 Å². The normalized spacial score (nSPS) is 50.2. The maximum absolute atomic E-state index is 9.98. The number of aliphatic hydroxyl groups excluding tert-OH is 2. The molecular formula is C12H21O5P. The maximum atomic E-state index is 9.98. The standard InChI is InChI=1S/C12H21O5P/c13-6-9-1-2-10-8-3-4-11(5-8,17-18(15)16)12(9,10)7-14/h8-10,13-16H,1-7H2. The Labute approximate surface area is 108 Å². The first-order valence-corrected chi connectivity index (χ1v) is 7.85. The lowest BCUT2D eigenvalue weighted by Crippen LogP contribution is -2.54. The fraction of sp³-hybridized carbons (Fsp3) is 1.00. The first kappa shape index (κ1) is 13.2. The van der Waals surface area contributed by atoms with Crippen LogP contribution >= 0.6 is 8.60 Å². The zero-order valence-electron chi connectivity index (χ0n) is 10.3. The lowest BCUT2D eigenvalue weighted by atomic mass is 9.62. The number of hydrogen-bond donors (Lipinski definition) is 4. The molecule has 0 aromatic heterocycles.